The van der Waals surface area contributed by atoms with Gasteiger partial charge in [0.2, 0.25) is 0 Å². The van der Waals surface area contributed by atoms with Gasteiger partial charge in [-0.2, -0.15) is 5.10 Å². The molecular formula is C16H16N4S2. The number of aryl methyl sites for hydroxylation is 3. The maximum atomic E-state index is 4.52. The Bertz CT molecular complexity index is 876. The fourth-order valence-electron chi connectivity index (χ4n) is 2.83. The van der Waals surface area contributed by atoms with E-state index in [1.807, 2.05) is 6.92 Å². The van der Waals surface area contributed by atoms with Crippen molar-refractivity contribution in [3.63, 3.8) is 0 Å². The molecule has 4 rings (SSSR count). The summed E-state index contributed by atoms with van der Waals surface area (Å²) >= 11 is 3.55. The Labute approximate surface area is 136 Å². The first-order chi connectivity index (χ1) is 10.7. The second-order valence-electron chi connectivity index (χ2n) is 5.48. The van der Waals surface area contributed by atoms with Crippen LogP contribution in [-0.2, 0) is 12.8 Å². The molecule has 0 unspecified atom stereocenters. The lowest BCUT2D eigenvalue weighted by Gasteiger charge is -2.04. The highest BCUT2D eigenvalue weighted by molar-refractivity contribution is 7.19. The average molecular weight is 328 g/mol. The summed E-state index contributed by atoms with van der Waals surface area (Å²) in [5, 5.41) is 5.69. The molecule has 0 saturated heterocycles. The van der Waals surface area contributed by atoms with Crippen LogP contribution in [0.3, 0.4) is 0 Å². The number of anilines is 1. The van der Waals surface area contributed by atoms with E-state index in [2.05, 4.69) is 39.6 Å². The molecule has 0 spiro atoms. The quantitative estimate of drug-likeness (QED) is 0.573. The fraction of sp³-hybridized carbons (Fsp3) is 0.312. The van der Waals surface area contributed by atoms with Crippen LogP contribution < -0.4 is 5.43 Å². The van der Waals surface area contributed by atoms with E-state index in [0.717, 1.165) is 22.8 Å². The van der Waals surface area contributed by atoms with Gasteiger partial charge in [0.15, 0.2) is 5.82 Å². The summed E-state index contributed by atoms with van der Waals surface area (Å²) in [5.74, 6) is 0.831. The molecule has 3 aromatic heterocycles. The SMILES string of the molecule is C/C(=N/Nc1ncnc2sc3c(c12)CCC3)c1ccc(C)s1. The number of hydrazone groups is 1. The molecule has 1 aliphatic rings. The molecule has 0 saturated carbocycles. The van der Waals surface area contributed by atoms with Crippen molar-refractivity contribution >= 4 is 44.4 Å². The minimum atomic E-state index is 0.831. The first kappa shape index (κ1) is 13.8. The number of hydrogen-bond acceptors (Lipinski definition) is 6. The van der Waals surface area contributed by atoms with Crippen LogP contribution in [0, 0.1) is 6.92 Å². The average Bonchev–Trinajstić information content (AvgIpc) is 3.19. The standard InChI is InChI=1S/C16H16N4S2/c1-9-6-7-12(21-9)10(2)19-20-15-14-11-4-3-5-13(11)22-16(14)18-8-17-15/h6-8H,3-5H2,1-2H3,(H,17,18,20)/b19-10-. The monoisotopic (exact) mass is 328 g/mol. The first-order valence-corrected chi connectivity index (χ1v) is 8.98. The fourth-order valence-corrected chi connectivity index (χ4v) is 4.88. The van der Waals surface area contributed by atoms with Crippen molar-refractivity contribution in [1.82, 2.24) is 9.97 Å². The third-order valence-corrected chi connectivity index (χ3v) is 6.24. The first-order valence-electron chi connectivity index (χ1n) is 7.35. The van der Waals surface area contributed by atoms with Gasteiger partial charge in [0.25, 0.3) is 0 Å². The van der Waals surface area contributed by atoms with Crippen molar-refractivity contribution in [2.45, 2.75) is 33.1 Å². The Morgan fingerprint density at radius 1 is 1.23 bits per heavy atom. The van der Waals surface area contributed by atoms with Gasteiger partial charge in [0, 0.05) is 9.75 Å². The van der Waals surface area contributed by atoms with E-state index >= 15 is 0 Å². The second kappa shape index (κ2) is 5.44. The summed E-state index contributed by atoms with van der Waals surface area (Å²) < 4.78 is 0. The molecule has 22 heavy (non-hydrogen) atoms. The number of nitrogens with one attached hydrogen (secondary N) is 1. The van der Waals surface area contributed by atoms with Crippen LogP contribution in [0.15, 0.2) is 23.6 Å². The molecule has 1 N–H and O–H groups in total. The van der Waals surface area contributed by atoms with Gasteiger partial charge in [-0.1, -0.05) is 0 Å². The predicted molar refractivity (Wildman–Crippen MR) is 94.3 cm³/mol. The second-order valence-corrected chi connectivity index (χ2v) is 7.85. The number of hydrogen-bond donors (Lipinski definition) is 1. The van der Waals surface area contributed by atoms with Gasteiger partial charge in [-0.15, -0.1) is 22.7 Å². The van der Waals surface area contributed by atoms with Gasteiger partial charge < -0.3 is 0 Å². The van der Waals surface area contributed by atoms with Crippen LogP contribution in [0.1, 0.15) is 33.5 Å². The zero-order valence-corrected chi connectivity index (χ0v) is 14.1. The summed E-state index contributed by atoms with van der Waals surface area (Å²) in [4.78, 5) is 13.8. The highest BCUT2D eigenvalue weighted by atomic mass is 32.1. The molecule has 112 valence electrons. The van der Waals surface area contributed by atoms with Gasteiger partial charge in [-0.25, -0.2) is 9.97 Å². The van der Waals surface area contributed by atoms with Gasteiger partial charge in [-0.3, -0.25) is 5.43 Å². The molecule has 0 fully saturated rings. The molecule has 0 bridgehead atoms. The minimum absolute atomic E-state index is 0.831. The molecule has 3 heterocycles. The van der Waals surface area contributed by atoms with E-state index in [1.165, 1.54) is 38.4 Å². The Balaban J connectivity index is 1.70. The smallest absolute Gasteiger partial charge is 0.158 e. The van der Waals surface area contributed by atoms with E-state index < -0.39 is 0 Å². The van der Waals surface area contributed by atoms with E-state index in [4.69, 9.17) is 0 Å². The summed E-state index contributed by atoms with van der Waals surface area (Å²) in [6, 6.07) is 4.23. The van der Waals surface area contributed by atoms with Gasteiger partial charge in [0.05, 0.1) is 16.0 Å². The lowest BCUT2D eigenvalue weighted by atomic mass is 10.2. The van der Waals surface area contributed by atoms with Crippen molar-refractivity contribution in [3.05, 3.63) is 38.7 Å². The molecule has 3 aromatic rings. The van der Waals surface area contributed by atoms with Crippen molar-refractivity contribution in [1.29, 1.82) is 0 Å². The number of thiophene rings is 2. The van der Waals surface area contributed by atoms with Crippen molar-refractivity contribution in [2.24, 2.45) is 5.10 Å². The van der Waals surface area contributed by atoms with Crippen molar-refractivity contribution in [2.75, 3.05) is 5.43 Å². The molecule has 0 amide bonds. The maximum Gasteiger partial charge on any atom is 0.158 e. The predicted octanol–water partition coefficient (Wildman–Crippen LogP) is 4.39. The van der Waals surface area contributed by atoms with Crippen LogP contribution in [-0.4, -0.2) is 15.7 Å². The van der Waals surface area contributed by atoms with Crippen LogP contribution >= 0.6 is 22.7 Å². The third-order valence-electron chi connectivity index (χ3n) is 3.93. The normalized spacial score (nSPS) is 14.5. The Morgan fingerprint density at radius 3 is 2.95 bits per heavy atom. The number of rotatable bonds is 3. The van der Waals surface area contributed by atoms with E-state index in [9.17, 15) is 0 Å². The summed E-state index contributed by atoms with van der Waals surface area (Å²) in [6.45, 7) is 4.13. The lowest BCUT2D eigenvalue weighted by Crippen LogP contribution is -2.00. The summed E-state index contributed by atoms with van der Waals surface area (Å²) in [7, 11) is 0. The zero-order chi connectivity index (χ0) is 15.1. The Kier molecular flexibility index (Phi) is 3.43. The number of nitrogens with zero attached hydrogens (tertiary/aromatic N) is 3. The summed E-state index contributed by atoms with van der Waals surface area (Å²) in [5.41, 5.74) is 5.56. The topological polar surface area (TPSA) is 50.2 Å². The zero-order valence-electron chi connectivity index (χ0n) is 12.5. The van der Waals surface area contributed by atoms with Crippen LogP contribution in [0.25, 0.3) is 10.2 Å². The van der Waals surface area contributed by atoms with Gasteiger partial charge in [0.1, 0.15) is 11.2 Å². The van der Waals surface area contributed by atoms with E-state index in [-0.39, 0.29) is 0 Å². The molecule has 0 radical (unpaired) electrons. The van der Waals surface area contributed by atoms with Crippen LogP contribution in [0.2, 0.25) is 0 Å². The minimum Gasteiger partial charge on any atom is -0.260 e. The largest absolute Gasteiger partial charge is 0.260 e. The lowest BCUT2D eigenvalue weighted by molar-refractivity contribution is 0.917. The maximum absolute atomic E-state index is 4.52. The van der Waals surface area contributed by atoms with Gasteiger partial charge in [-0.05, 0) is 50.8 Å². The molecule has 0 aromatic carbocycles. The molecule has 6 heteroatoms. The molecule has 0 aliphatic heterocycles. The highest BCUT2D eigenvalue weighted by Crippen LogP contribution is 2.39. The van der Waals surface area contributed by atoms with E-state index in [1.54, 1.807) is 29.0 Å². The molecular weight excluding hydrogens is 312 g/mol. The number of aromatic nitrogens is 2. The molecule has 1 aliphatic carbocycles. The van der Waals surface area contributed by atoms with Crippen molar-refractivity contribution in [3.8, 4) is 0 Å². The van der Waals surface area contributed by atoms with Gasteiger partial charge >= 0.3 is 0 Å². The third kappa shape index (κ3) is 2.32. The molecule has 0 atom stereocenters. The Hall–Kier alpha value is -1.79. The van der Waals surface area contributed by atoms with Crippen LogP contribution in [0.5, 0.6) is 0 Å². The Morgan fingerprint density at radius 2 is 2.14 bits per heavy atom. The highest BCUT2D eigenvalue weighted by Gasteiger charge is 2.21. The number of fused-ring (bicyclic) bond motifs is 3. The summed E-state index contributed by atoms with van der Waals surface area (Å²) in [6.07, 6.45) is 5.16. The van der Waals surface area contributed by atoms with Crippen LogP contribution in [0.4, 0.5) is 5.82 Å². The molecule has 4 nitrogen and oxygen atoms in total. The van der Waals surface area contributed by atoms with Crippen molar-refractivity contribution < 1.29 is 0 Å². The van der Waals surface area contributed by atoms with E-state index in [0.29, 0.717) is 0 Å².